The number of nitrogens with zero attached hydrogens (tertiary/aromatic N) is 5. The molecule has 1 N–H and O–H groups in total. The molecule has 1 unspecified atom stereocenters. The Hall–Kier alpha value is -3.44. The molecule has 35 heavy (non-hydrogen) atoms. The summed E-state index contributed by atoms with van der Waals surface area (Å²) in [6.07, 6.45) is 5.84. The maximum atomic E-state index is 12.7. The third-order valence-electron chi connectivity index (χ3n) is 6.11. The van der Waals surface area contributed by atoms with Crippen molar-refractivity contribution in [2.24, 2.45) is 7.05 Å². The fourth-order valence-electron chi connectivity index (χ4n) is 4.43. The third kappa shape index (κ3) is 4.48. The van der Waals surface area contributed by atoms with Crippen LogP contribution in [-0.2, 0) is 21.6 Å². The Bertz CT molecular complexity index is 1500. The number of aromatic nitrogens is 5. The van der Waals surface area contributed by atoms with Crippen molar-refractivity contribution in [2.75, 3.05) is 25.3 Å². The first-order chi connectivity index (χ1) is 16.7. The van der Waals surface area contributed by atoms with Gasteiger partial charge in [0.1, 0.15) is 17.6 Å². The van der Waals surface area contributed by atoms with Crippen LogP contribution in [0.25, 0.3) is 22.4 Å². The highest BCUT2D eigenvalue weighted by Crippen LogP contribution is 2.36. The van der Waals surface area contributed by atoms with Crippen molar-refractivity contribution in [3.63, 3.8) is 0 Å². The Kier molecular flexibility index (Phi) is 5.97. The molecule has 0 bridgehead atoms. The molecule has 0 saturated carbocycles. The highest BCUT2D eigenvalue weighted by molar-refractivity contribution is 7.90. The molecule has 0 amide bonds. The number of hydrogen-bond acceptors (Lipinski definition) is 8. The molecule has 5 rings (SSSR count). The van der Waals surface area contributed by atoms with Gasteiger partial charge in [0.25, 0.3) is 0 Å². The summed E-state index contributed by atoms with van der Waals surface area (Å²) in [5, 5.41) is 7.67. The Balaban J connectivity index is 1.62. The van der Waals surface area contributed by atoms with Gasteiger partial charge in [-0.1, -0.05) is 6.07 Å². The van der Waals surface area contributed by atoms with Crippen molar-refractivity contribution >= 4 is 32.4 Å². The van der Waals surface area contributed by atoms with E-state index in [9.17, 15) is 8.42 Å². The molecule has 0 radical (unpaired) electrons. The van der Waals surface area contributed by atoms with Crippen LogP contribution in [0.2, 0.25) is 0 Å². The van der Waals surface area contributed by atoms with Gasteiger partial charge in [-0.05, 0) is 44.4 Å². The lowest BCUT2D eigenvalue weighted by Gasteiger charge is -2.25. The molecular weight excluding hydrogens is 468 g/mol. The molecule has 1 aliphatic rings. The first kappa shape index (κ1) is 23.3. The Morgan fingerprint density at radius 1 is 1.14 bits per heavy atom. The number of pyridine rings is 1. The van der Waals surface area contributed by atoms with Crippen molar-refractivity contribution in [1.29, 1.82) is 0 Å². The lowest BCUT2D eigenvalue weighted by Crippen LogP contribution is -2.19. The summed E-state index contributed by atoms with van der Waals surface area (Å²) in [6, 6.07) is 8.78. The third-order valence-corrected chi connectivity index (χ3v) is 7.25. The van der Waals surface area contributed by atoms with E-state index in [0.29, 0.717) is 46.3 Å². The molecule has 4 aromatic rings. The van der Waals surface area contributed by atoms with Crippen molar-refractivity contribution in [3.05, 3.63) is 42.4 Å². The molecule has 1 atom stereocenters. The minimum Gasteiger partial charge on any atom is -0.481 e. The fraction of sp³-hybridized carbons (Fsp3) is 0.375. The lowest BCUT2D eigenvalue weighted by atomic mass is 10.1. The van der Waals surface area contributed by atoms with Crippen molar-refractivity contribution < 1.29 is 17.9 Å². The summed E-state index contributed by atoms with van der Waals surface area (Å²) in [4.78, 5) is 9.57. The zero-order valence-corrected chi connectivity index (χ0v) is 21.0. The second-order valence-electron chi connectivity index (χ2n) is 8.72. The number of methoxy groups -OCH3 is 1. The minimum absolute atomic E-state index is 0.148. The van der Waals surface area contributed by atoms with Crippen LogP contribution in [0.1, 0.15) is 31.3 Å². The Labute approximate surface area is 203 Å². The number of nitrogens with one attached hydrogen (secondary N) is 1. The molecule has 1 saturated heterocycles. The maximum Gasteiger partial charge on any atom is 0.217 e. The van der Waals surface area contributed by atoms with Crippen LogP contribution in [0.15, 0.2) is 41.4 Å². The standard InChI is InChI=1S/C24H28N6O4S/c1-15-25-23-19(14-21(33-3)27-24(23)30(15)22-7-5-6-12-34-22)26-18-9-8-16(13-20(18)35(4,31)32)17-10-11-29(2)28-17/h8-11,13-14,22H,5-7,12H2,1-4H3,(H,26,27). The highest BCUT2D eigenvalue weighted by atomic mass is 32.2. The van der Waals surface area contributed by atoms with Crippen LogP contribution in [0.4, 0.5) is 11.4 Å². The molecule has 3 aromatic heterocycles. The Morgan fingerprint density at radius 2 is 1.97 bits per heavy atom. The minimum atomic E-state index is -3.56. The number of aryl methyl sites for hydroxylation is 2. The molecule has 0 spiro atoms. The van der Waals surface area contributed by atoms with Gasteiger partial charge in [0.2, 0.25) is 5.88 Å². The maximum absolute atomic E-state index is 12.7. The summed E-state index contributed by atoms with van der Waals surface area (Å²) in [7, 11) is -0.190. The van der Waals surface area contributed by atoms with E-state index in [1.165, 1.54) is 6.26 Å². The van der Waals surface area contributed by atoms with Gasteiger partial charge in [-0.15, -0.1) is 0 Å². The smallest absolute Gasteiger partial charge is 0.217 e. The number of benzene rings is 1. The van der Waals surface area contributed by atoms with E-state index in [1.54, 1.807) is 30.0 Å². The number of sulfone groups is 1. The largest absolute Gasteiger partial charge is 0.481 e. The van der Waals surface area contributed by atoms with Crippen molar-refractivity contribution in [1.82, 2.24) is 24.3 Å². The molecule has 1 fully saturated rings. The van der Waals surface area contributed by atoms with Crippen LogP contribution in [0.3, 0.4) is 0 Å². The molecule has 10 nitrogen and oxygen atoms in total. The molecule has 0 aliphatic carbocycles. The van der Waals surface area contributed by atoms with E-state index in [2.05, 4.69) is 15.4 Å². The van der Waals surface area contributed by atoms with E-state index in [4.69, 9.17) is 14.5 Å². The van der Waals surface area contributed by atoms with E-state index in [1.807, 2.05) is 36.9 Å². The van der Waals surface area contributed by atoms with E-state index >= 15 is 0 Å². The first-order valence-electron chi connectivity index (χ1n) is 11.4. The van der Waals surface area contributed by atoms with Gasteiger partial charge in [0, 0.05) is 37.7 Å². The summed E-state index contributed by atoms with van der Waals surface area (Å²) < 4.78 is 40.6. The van der Waals surface area contributed by atoms with Crippen LogP contribution < -0.4 is 10.1 Å². The van der Waals surface area contributed by atoms with Crippen molar-refractivity contribution in [3.8, 4) is 17.1 Å². The number of imidazole rings is 1. The van der Waals surface area contributed by atoms with E-state index in [-0.39, 0.29) is 11.1 Å². The average Bonchev–Trinajstić information content (AvgIpc) is 3.41. The molecule has 1 aliphatic heterocycles. The molecule has 184 valence electrons. The quantitative estimate of drug-likeness (QED) is 0.426. The van der Waals surface area contributed by atoms with Gasteiger partial charge >= 0.3 is 0 Å². The van der Waals surface area contributed by atoms with Crippen LogP contribution >= 0.6 is 0 Å². The zero-order valence-electron chi connectivity index (χ0n) is 20.1. The van der Waals surface area contributed by atoms with Gasteiger partial charge in [-0.3, -0.25) is 9.25 Å². The molecule has 11 heteroatoms. The summed E-state index contributed by atoms with van der Waals surface area (Å²) in [5.74, 6) is 1.16. The summed E-state index contributed by atoms with van der Waals surface area (Å²) in [6.45, 7) is 2.61. The lowest BCUT2D eigenvalue weighted by molar-refractivity contribution is -0.0309. The van der Waals surface area contributed by atoms with E-state index in [0.717, 1.165) is 25.1 Å². The SMILES string of the molecule is COc1cc(Nc2ccc(-c3ccn(C)n3)cc2S(C)(=O)=O)c2nc(C)n(C3CCCCO3)c2n1. The first-order valence-corrected chi connectivity index (χ1v) is 13.3. The average molecular weight is 497 g/mol. The number of anilines is 2. The number of fused-ring (bicyclic) bond motifs is 1. The van der Waals surface area contributed by atoms with Gasteiger partial charge in [-0.2, -0.15) is 10.1 Å². The van der Waals surface area contributed by atoms with Gasteiger partial charge in [-0.25, -0.2) is 13.4 Å². The number of rotatable bonds is 6. The van der Waals surface area contributed by atoms with Gasteiger partial charge in [0.15, 0.2) is 15.5 Å². The number of hydrogen-bond donors (Lipinski definition) is 1. The van der Waals surface area contributed by atoms with Crippen LogP contribution in [-0.4, -0.2) is 52.7 Å². The second kappa shape index (κ2) is 8.97. The van der Waals surface area contributed by atoms with Gasteiger partial charge in [0.05, 0.1) is 29.1 Å². The molecular formula is C24H28N6O4S. The highest BCUT2D eigenvalue weighted by Gasteiger charge is 2.24. The van der Waals surface area contributed by atoms with Crippen LogP contribution in [0, 0.1) is 6.92 Å². The topological polar surface area (TPSA) is 113 Å². The zero-order chi connectivity index (χ0) is 24.7. The van der Waals surface area contributed by atoms with Gasteiger partial charge < -0.3 is 14.8 Å². The molecule has 4 heterocycles. The van der Waals surface area contributed by atoms with E-state index < -0.39 is 9.84 Å². The predicted molar refractivity (Wildman–Crippen MR) is 133 cm³/mol. The van der Waals surface area contributed by atoms with Crippen LogP contribution in [0.5, 0.6) is 5.88 Å². The fourth-order valence-corrected chi connectivity index (χ4v) is 5.29. The predicted octanol–water partition coefficient (Wildman–Crippen LogP) is 4.00. The second-order valence-corrected chi connectivity index (χ2v) is 10.7. The summed E-state index contributed by atoms with van der Waals surface area (Å²) in [5.41, 5.74) is 3.68. The normalized spacial score (nSPS) is 16.5. The number of ether oxygens (including phenoxy) is 2. The summed E-state index contributed by atoms with van der Waals surface area (Å²) >= 11 is 0. The van der Waals surface area contributed by atoms with Crippen molar-refractivity contribution in [2.45, 2.75) is 37.3 Å². The Morgan fingerprint density at radius 3 is 2.63 bits per heavy atom. The molecule has 1 aromatic carbocycles. The monoisotopic (exact) mass is 496 g/mol.